The van der Waals surface area contributed by atoms with Gasteiger partial charge in [0.25, 0.3) is 0 Å². The molecule has 0 radical (unpaired) electrons. The van der Waals surface area contributed by atoms with Crippen molar-refractivity contribution in [2.75, 3.05) is 0 Å². The summed E-state index contributed by atoms with van der Waals surface area (Å²) in [5.74, 6) is 0. The van der Waals surface area contributed by atoms with Crippen molar-refractivity contribution in [1.29, 1.82) is 0 Å². The predicted molar refractivity (Wildman–Crippen MR) is 59.5 cm³/mol. The second-order valence-electron chi connectivity index (χ2n) is 3.79. The lowest BCUT2D eigenvalue weighted by Gasteiger charge is -2.02. The summed E-state index contributed by atoms with van der Waals surface area (Å²) in [6, 6.07) is 10.8. The van der Waals surface area contributed by atoms with E-state index in [-0.39, 0.29) is 0 Å². The molecule has 1 aromatic carbocycles. The van der Waals surface area contributed by atoms with Gasteiger partial charge in [-0.15, -0.1) is 0 Å². The van der Waals surface area contributed by atoms with Gasteiger partial charge in [0.1, 0.15) is 0 Å². The minimum absolute atomic E-state index is 1.02. The predicted octanol–water partition coefficient (Wildman–Crippen LogP) is 3.22. The molecule has 0 aliphatic rings. The number of rotatable bonds is 2. The highest BCUT2D eigenvalue weighted by atomic mass is 14.7. The zero-order chi connectivity index (χ0) is 9.97. The van der Waals surface area contributed by atoms with Crippen LogP contribution in [0.4, 0.5) is 0 Å². The fourth-order valence-corrected chi connectivity index (χ4v) is 1.72. The Morgan fingerprint density at radius 3 is 2.64 bits per heavy atom. The van der Waals surface area contributed by atoms with Crippen LogP contribution in [0.2, 0.25) is 0 Å². The van der Waals surface area contributed by atoms with Crippen LogP contribution in [0, 0.1) is 13.8 Å². The van der Waals surface area contributed by atoms with Gasteiger partial charge in [-0.3, -0.25) is 0 Å². The summed E-state index contributed by atoms with van der Waals surface area (Å²) in [5, 5.41) is 0. The van der Waals surface area contributed by atoms with E-state index in [0.29, 0.717) is 0 Å². The molecule has 1 nitrogen and oxygen atoms in total. The van der Waals surface area contributed by atoms with Gasteiger partial charge in [-0.1, -0.05) is 29.8 Å². The number of benzene rings is 1. The molecule has 0 saturated carbocycles. The normalized spacial score (nSPS) is 10.4. The van der Waals surface area contributed by atoms with Crippen LogP contribution in [-0.4, -0.2) is 4.98 Å². The maximum Gasteiger partial charge on any atom is 0.0151 e. The Morgan fingerprint density at radius 2 is 2.00 bits per heavy atom. The van der Waals surface area contributed by atoms with Gasteiger partial charge in [-0.25, -0.2) is 0 Å². The van der Waals surface area contributed by atoms with Crippen LogP contribution in [0.1, 0.15) is 22.4 Å². The quantitative estimate of drug-likeness (QED) is 0.739. The van der Waals surface area contributed by atoms with Crippen LogP contribution in [0.5, 0.6) is 0 Å². The summed E-state index contributed by atoms with van der Waals surface area (Å²) in [6.45, 7) is 4.25. The van der Waals surface area contributed by atoms with E-state index in [1.54, 1.807) is 0 Å². The fourth-order valence-electron chi connectivity index (χ4n) is 1.72. The van der Waals surface area contributed by atoms with Crippen molar-refractivity contribution < 1.29 is 0 Å². The maximum absolute atomic E-state index is 3.20. The first-order valence-corrected chi connectivity index (χ1v) is 4.94. The van der Waals surface area contributed by atoms with Gasteiger partial charge in [0.2, 0.25) is 0 Å². The van der Waals surface area contributed by atoms with Crippen LogP contribution in [-0.2, 0) is 6.42 Å². The highest BCUT2D eigenvalue weighted by Gasteiger charge is 2.00. The number of H-pyrrole nitrogens is 1. The van der Waals surface area contributed by atoms with E-state index in [1.807, 2.05) is 6.20 Å². The van der Waals surface area contributed by atoms with E-state index in [2.05, 4.69) is 49.2 Å². The van der Waals surface area contributed by atoms with Crippen molar-refractivity contribution in [1.82, 2.24) is 4.98 Å². The van der Waals surface area contributed by atoms with Crippen molar-refractivity contribution in [2.24, 2.45) is 0 Å². The lowest BCUT2D eigenvalue weighted by atomic mass is 10.0. The summed E-state index contributed by atoms with van der Waals surface area (Å²) in [6.07, 6.45) is 3.03. The summed E-state index contributed by atoms with van der Waals surface area (Å²) >= 11 is 0. The standard InChI is InChI=1S/C13H15N/c1-10-4-3-5-12(8-10)9-13-6-7-14-11(13)2/h3-8,14H,9H2,1-2H3. The second kappa shape index (κ2) is 3.70. The van der Waals surface area contributed by atoms with Crippen LogP contribution in [0.15, 0.2) is 36.5 Å². The van der Waals surface area contributed by atoms with Crippen molar-refractivity contribution in [3.8, 4) is 0 Å². The molecular formula is C13H15N. The molecule has 2 rings (SSSR count). The molecule has 72 valence electrons. The minimum Gasteiger partial charge on any atom is -0.365 e. The van der Waals surface area contributed by atoms with Crippen molar-refractivity contribution >= 4 is 0 Å². The average molecular weight is 185 g/mol. The van der Waals surface area contributed by atoms with Crippen LogP contribution >= 0.6 is 0 Å². The third-order valence-corrected chi connectivity index (χ3v) is 2.54. The number of hydrogen-bond acceptors (Lipinski definition) is 0. The van der Waals surface area contributed by atoms with E-state index < -0.39 is 0 Å². The third kappa shape index (κ3) is 1.87. The maximum atomic E-state index is 3.20. The van der Waals surface area contributed by atoms with Crippen LogP contribution < -0.4 is 0 Å². The molecule has 1 heteroatoms. The number of nitrogens with one attached hydrogen (secondary N) is 1. The summed E-state index contributed by atoms with van der Waals surface area (Å²) in [4.78, 5) is 3.20. The molecule has 0 fully saturated rings. The first kappa shape index (κ1) is 9.07. The monoisotopic (exact) mass is 185 g/mol. The van der Waals surface area contributed by atoms with Gasteiger partial charge in [-0.05, 0) is 37.5 Å². The number of aromatic amines is 1. The molecule has 1 N–H and O–H groups in total. The molecule has 14 heavy (non-hydrogen) atoms. The van der Waals surface area contributed by atoms with E-state index in [1.165, 1.54) is 22.4 Å². The topological polar surface area (TPSA) is 15.8 Å². The van der Waals surface area contributed by atoms with Gasteiger partial charge >= 0.3 is 0 Å². The molecule has 1 aromatic heterocycles. The minimum atomic E-state index is 1.02. The molecule has 1 heterocycles. The Morgan fingerprint density at radius 1 is 1.14 bits per heavy atom. The molecule has 2 aromatic rings. The van der Waals surface area contributed by atoms with E-state index in [9.17, 15) is 0 Å². The third-order valence-electron chi connectivity index (χ3n) is 2.54. The second-order valence-corrected chi connectivity index (χ2v) is 3.79. The Bertz CT molecular complexity index is 426. The van der Waals surface area contributed by atoms with Crippen LogP contribution in [0.25, 0.3) is 0 Å². The lowest BCUT2D eigenvalue weighted by molar-refractivity contribution is 1.13. The van der Waals surface area contributed by atoms with Crippen molar-refractivity contribution in [3.63, 3.8) is 0 Å². The van der Waals surface area contributed by atoms with E-state index in [4.69, 9.17) is 0 Å². The molecule has 0 atom stereocenters. The van der Waals surface area contributed by atoms with Gasteiger partial charge in [0, 0.05) is 11.9 Å². The zero-order valence-corrected chi connectivity index (χ0v) is 8.67. The Balaban J connectivity index is 2.23. The molecule has 0 aliphatic carbocycles. The highest BCUT2D eigenvalue weighted by Crippen LogP contribution is 2.13. The first-order chi connectivity index (χ1) is 6.75. The van der Waals surface area contributed by atoms with Crippen LogP contribution in [0.3, 0.4) is 0 Å². The Labute approximate surface area is 84.8 Å². The summed E-state index contributed by atoms with van der Waals surface area (Å²) in [7, 11) is 0. The number of hydrogen-bond donors (Lipinski definition) is 1. The van der Waals surface area contributed by atoms with Gasteiger partial charge < -0.3 is 4.98 Å². The largest absolute Gasteiger partial charge is 0.365 e. The fraction of sp³-hybridized carbons (Fsp3) is 0.231. The van der Waals surface area contributed by atoms with Crippen molar-refractivity contribution in [2.45, 2.75) is 20.3 Å². The summed E-state index contributed by atoms with van der Waals surface area (Å²) < 4.78 is 0. The number of aromatic nitrogens is 1. The van der Waals surface area contributed by atoms with Gasteiger partial charge in [0.05, 0.1) is 0 Å². The number of aryl methyl sites for hydroxylation is 2. The molecule has 0 spiro atoms. The van der Waals surface area contributed by atoms with E-state index >= 15 is 0 Å². The first-order valence-electron chi connectivity index (χ1n) is 4.94. The Kier molecular flexibility index (Phi) is 2.40. The molecular weight excluding hydrogens is 170 g/mol. The van der Waals surface area contributed by atoms with Crippen molar-refractivity contribution in [3.05, 3.63) is 58.9 Å². The lowest BCUT2D eigenvalue weighted by Crippen LogP contribution is -1.89. The summed E-state index contributed by atoms with van der Waals surface area (Å²) in [5.41, 5.74) is 5.37. The van der Waals surface area contributed by atoms with Gasteiger partial charge in [0.15, 0.2) is 0 Å². The molecule has 0 unspecified atom stereocenters. The molecule has 0 amide bonds. The van der Waals surface area contributed by atoms with E-state index in [0.717, 1.165) is 6.42 Å². The SMILES string of the molecule is Cc1cccc(Cc2cc[nH]c2C)c1. The smallest absolute Gasteiger partial charge is 0.0151 e. The molecule has 0 saturated heterocycles. The zero-order valence-electron chi connectivity index (χ0n) is 8.67. The Hall–Kier alpha value is -1.50. The average Bonchev–Trinajstić information content (AvgIpc) is 2.52. The molecule has 0 aliphatic heterocycles. The molecule has 0 bridgehead atoms. The van der Waals surface area contributed by atoms with Gasteiger partial charge in [-0.2, -0.15) is 0 Å². The highest BCUT2D eigenvalue weighted by molar-refractivity contribution is 5.30.